The smallest absolute Gasteiger partial charge is 0.271 e. The summed E-state index contributed by atoms with van der Waals surface area (Å²) in [5, 5.41) is 13.3. The second-order valence-electron chi connectivity index (χ2n) is 4.27. The first-order valence-electron chi connectivity index (χ1n) is 5.94. The lowest BCUT2D eigenvalue weighted by Crippen LogP contribution is -2.14. The highest BCUT2D eigenvalue weighted by Gasteiger charge is 2.12. The Balaban J connectivity index is 2.10. The zero-order valence-corrected chi connectivity index (χ0v) is 12.3. The van der Waals surface area contributed by atoms with Gasteiger partial charge in [-0.3, -0.25) is 14.9 Å². The van der Waals surface area contributed by atoms with E-state index in [9.17, 15) is 19.3 Å². The normalized spacial score (nSPS) is 10.2. The van der Waals surface area contributed by atoms with Gasteiger partial charge in [-0.2, -0.15) is 0 Å². The summed E-state index contributed by atoms with van der Waals surface area (Å²) >= 11 is 3.22. The van der Waals surface area contributed by atoms with Gasteiger partial charge < -0.3 is 5.32 Å². The molecule has 0 fully saturated rings. The second-order valence-corrected chi connectivity index (χ2v) is 5.13. The molecule has 0 heterocycles. The lowest BCUT2D eigenvalue weighted by molar-refractivity contribution is -0.384. The summed E-state index contributed by atoms with van der Waals surface area (Å²) in [6.07, 6.45) is 0.0510. The quantitative estimate of drug-likeness (QED) is 0.673. The van der Waals surface area contributed by atoms with E-state index in [2.05, 4.69) is 21.2 Å². The molecule has 0 aliphatic carbocycles. The van der Waals surface area contributed by atoms with Crippen molar-refractivity contribution in [1.29, 1.82) is 0 Å². The van der Waals surface area contributed by atoms with E-state index in [-0.39, 0.29) is 23.8 Å². The second kappa shape index (κ2) is 6.45. The third-order valence-electron chi connectivity index (χ3n) is 2.71. The number of nitro groups is 1. The molecular weight excluding hydrogens is 343 g/mol. The van der Waals surface area contributed by atoms with Crippen molar-refractivity contribution in [3.63, 3.8) is 0 Å². The van der Waals surface area contributed by atoms with Crippen LogP contribution >= 0.6 is 15.9 Å². The van der Waals surface area contributed by atoms with Crippen molar-refractivity contribution in [1.82, 2.24) is 0 Å². The minimum atomic E-state index is -0.540. The standard InChI is InChI=1S/C14H10BrFN2O3/c15-12-6-5-11(18(20)21)8-13(12)17-14(19)7-9-1-3-10(16)4-2-9/h1-6,8H,7H2,(H,17,19). The van der Waals surface area contributed by atoms with Crippen LogP contribution in [0, 0.1) is 15.9 Å². The van der Waals surface area contributed by atoms with Crippen molar-refractivity contribution in [2.45, 2.75) is 6.42 Å². The number of rotatable bonds is 4. The number of amides is 1. The maximum atomic E-state index is 12.8. The van der Waals surface area contributed by atoms with Gasteiger partial charge in [-0.05, 0) is 39.7 Å². The summed E-state index contributed by atoms with van der Waals surface area (Å²) in [6.45, 7) is 0. The molecule has 2 aromatic carbocycles. The Hall–Kier alpha value is -2.28. The fourth-order valence-corrected chi connectivity index (χ4v) is 2.05. The van der Waals surface area contributed by atoms with Crippen LogP contribution in [-0.2, 0) is 11.2 Å². The number of benzene rings is 2. The monoisotopic (exact) mass is 352 g/mol. The van der Waals surface area contributed by atoms with Gasteiger partial charge in [-0.1, -0.05) is 12.1 Å². The number of nitrogens with one attached hydrogen (secondary N) is 1. The van der Waals surface area contributed by atoms with E-state index < -0.39 is 4.92 Å². The number of anilines is 1. The van der Waals surface area contributed by atoms with Crippen LogP contribution in [0.5, 0.6) is 0 Å². The minimum Gasteiger partial charge on any atom is -0.325 e. The van der Waals surface area contributed by atoms with E-state index in [1.165, 1.54) is 42.5 Å². The summed E-state index contributed by atoms with van der Waals surface area (Å²) < 4.78 is 13.3. The number of non-ortho nitro benzene ring substituents is 1. The van der Waals surface area contributed by atoms with Crippen molar-refractivity contribution in [2.75, 3.05) is 5.32 Å². The summed E-state index contributed by atoms with van der Waals surface area (Å²) in [6, 6.07) is 9.66. The Bertz CT molecular complexity index is 689. The van der Waals surface area contributed by atoms with Crippen molar-refractivity contribution in [3.05, 3.63) is 68.4 Å². The molecule has 7 heteroatoms. The van der Waals surface area contributed by atoms with Crippen molar-refractivity contribution >= 4 is 33.2 Å². The predicted molar refractivity (Wildman–Crippen MR) is 79.5 cm³/mol. The van der Waals surface area contributed by atoms with Gasteiger partial charge in [0.05, 0.1) is 17.0 Å². The Labute approximate surface area is 128 Å². The van der Waals surface area contributed by atoms with E-state index in [0.717, 1.165) is 0 Å². The first-order valence-corrected chi connectivity index (χ1v) is 6.73. The molecule has 0 bridgehead atoms. The molecular formula is C14H10BrFN2O3. The number of hydrogen-bond donors (Lipinski definition) is 1. The summed E-state index contributed by atoms with van der Waals surface area (Å²) in [4.78, 5) is 22.1. The fraction of sp³-hybridized carbons (Fsp3) is 0.0714. The van der Waals surface area contributed by atoms with E-state index in [0.29, 0.717) is 15.7 Å². The van der Waals surface area contributed by atoms with Gasteiger partial charge in [0.25, 0.3) is 5.69 Å². The molecule has 0 spiro atoms. The molecule has 0 saturated carbocycles. The van der Waals surface area contributed by atoms with Gasteiger partial charge in [-0.15, -0.1) is 0 Å². The molecule has 2 aromatic rings. The summed E-state index contributed by atoms with van der Waals surface area (Å²) in [7, 11) is 0. The third-order valence-corrected chi connectivity index (χ3v) is 3.40. The van der Waals surface area contributed by atoms with Gasteiger partial charge in [-0.25, -0.2) is 4.39 Å². The highest BCUT2D eigenvalue weighted by Crippen LogP contribution is 2.27. The molecule has 1 amide bonds. The molecule has 2 rings (SSSR count). The average molecular weight is 353 g/mol. The fourth-order valence-electron chi connectivity index (χ4n) is 1.70. The number of nitro benzene ring substituents is 1. The number of carbonyl (C=O) groups is 1. The molecule has 0 aliphatic rings. The molecule has 0 atom stereocenters. The molecule has 21 heavy (non-hydrogen) atoms. The highest BCUT2D eigenvalue weighted by molar-refractivity contribution is 9.10. The molecule has 0 radical (unpaired) electrons. The molecule has 0 unspecified atom stereocenters. The molecule has 0 aliphatic heterocycles. The van der Waals surface area contributed by atoms with Crippen LogP contribution in [0.25, 0.3) is 0 Å². The van der Waals surface area contributed by atoms with Crippen LogP contribution in [-0.4, -0.2) is 10.8 Å². The number of halogens is 2. The maximum absolute atomic E-state index is 12.8. The first kappa shape index (κ1) is 15.1. The maximum Gasteiger partial charge on any atom is 0.271 e. The Morgan fingerprint density at radius 1 is 1.24 bits per heavy atom. The average Bonchev–Trinajstić information content (AvgIpc) is 2.43. The largest absolute Gasteiger partial charge is 0.325 e. The van der Waals surface area contributed by atoms with Crippen molar-refractivity contribution < 1.29 is 14.1 Å². The molecule has 5 nitrogen and oxygen atoms in total. The van der Waals surface area contributed by atoms with Gasteiger partial charge in [0.1, 0.15) is 5.82 Å². The van der Waals surface area contributed by atoms with Crippen molar-refractivity contribution in [3.8, 4) is 0 Å². The van der Waals surface area contributed by atoms with Crippen LogP contribution in [0.4, 0.5) is 15.8 Å². The van der Waals surface area contributed by atoms with Gasteiger partial charge >= 0.3 is 0 Å². The van der Waals surface area contributed by atoms with Crippen LogP contribution < -0.4 is 5.32 Å². The number of hydrogen-bond acceptors (Lipinski definition) is 3. The van der Waals surface area contributed by atoms with Crippen LogP contribution in [0.3, 0.4) is 0 Å². The third kappa shape index (κ3) is 4.09. The Morgan fingerprint density at radius 3 is 2.52 bits per heavy atom. The van der Waals surface area contributed by atoms with E-state index in [1.54, 1.807) is 0 Å². The van der Waals surface area contributed by atoms with Crippen LogP contribution in [0.1, 0.15) is 5.56 Å². The predicted octanol–water partition coefficient (Wildman–Crippen LogP) is 3.68. The molecule has 0 saturated heterocycles. The minimum absolute atomic E-state index is 0.0510. The van der Waals surface area contributed by atoms with Crippen molar-refractivity contribution in [2.24, 2.45) is 0 Å². The zero-order chi connectivity index (χ0) is 15.4. The Kier molecular flexibility index (Phi) is 4.64. The van der Waals surface area contributed by atoms with E-state index >= 15 is 0 Å². The topological polar surface area (TPSA) is 72.2 Å². The first-order chi connectivity index (χ1) is 9.95. The highest BCUT2D eigenvalue weighted by atomic mass is 79.9. The Morgan fingerprint density at radius 2 is 1.90 bits per heavy atom. The van der Waals surface area contributed by atoms with Crippen LogP contribution in [0.15, 0.2) is 46.9 Å². The van der Waals surface area contributed by atoms with Crippen LogP contribution in [0.2, 0.25) is 0 Å². The van der Waals surface area contributed by atoms with E-state index in [4.69, 9.17) is 0 Å². The lowest BCUT2D eigenvalue weighted by Gasteiger charge is -2.07. The number of carbonyl (C=O) groups excluding carboxylic acids is 1. The summed E-state index contributed by atoms with van der Waals surface area (Å²) in [5.41, 5.74) is 0.849. The number of nitrogens with zero attached hydrogens (tertiary/aromatic N) is 1. The van der Waals surface area contributed by atoms with Gasteiger partial charge in [0.15, 0.2) is 0 Å². The summed E-state index contributed by atoms with van der Waals surface area (Å²) in [5.74, 6) is -0.719. The van der Waals surface area contributed by atoms with E-state index in [1.807, 2.05) is 0 Å². The SMILES string of the molecule is O=C(Cc1ccc(F)cc1)Nc1cc([N+](=O)[O-])ccc1Br. The molecule has 108 valence electrons. The molecule has 1 N–H and O–H groups in total. The lowest BCUT2D eigenvalue weighted by atomic mass is 10.1. The van der Waals surface area contributed by atoms with Gasteiger partial charge in [0, 0.05) is 16.6 Å². The zero-order valence-electron chi connectivity index (χ0n) is 10.7. The molecule has 0 aromatic heterocycles. The van der Waals surface area contributed by atoms with Gasteiger partial charge in [0.2, 0.25) is 5.91 Å².